The molecule has 7 heteroatoms. The van der Waals surface area contributed by atoms with Crippen molar-refractivity contribution in [3.8, 4) is 11.5 Å². The fraction of sp³-hybridized carbons (Fsp3) is 0.333. The molecule has 0 spiro atoms. The van der Waals surface area contributed by atoms with Crippen LogP contribution in [-0.4, -0.2) is 21.3 Å². The Morgan fingerprint density at radius 3 is 2.25 bits per heavy atom. The smallest absolute Gasteiger partial charge is 0.496 e. The van der Waals surface area contributed by atoms with Crippen molar-refractivity contribution in [1.29, 1.82) is 0 Å². The van der Waals surface area contributed by atoms with Crippen molar-refractivity contribution in [2.45, 2.75) is 0 Å². The van der Waals surface area contributed by atoms with E-state index in [0.29, 0.717) is 16.0 Å². The summed E-state index contributed by atoms with van der Waals surface area (Å²) in [6.07, 6.45) is 0. The number of hydrogen-bond acceptors (Lipinski definition) is 5. The standard InChI is InChI=1S/C9H12BrO5P/c1-12-9-5-4-7(6-8(9)10)15-16(11,13-2)14-3/h4-6H,1-3H3. The number of rotatable bonds is 5. The normalized spacial score (nSPS) is 11.2. The molecule has 90 valence electrons. The van der Waals surface area contributed by atoms with E-state index in [0.717, 1.165) is 0 Å². The molecule has 0 aliphatic rings. The average molecular weight is 311 g/mol. The maximum atomic E-state index is 11.7. The van der Waals surface area contributed by atoms with Crippen LogP contribution in [0.25, 0.3) is 0 Å². The minimum atomic E-state index is -3.51. The molecule has 1 aromatic rings. The first-order valence-corrected chi connectivity index (χ1v) is 6.54. The fourth-order valence-electron chi connectivity index (χ4n) is 0.982. The van der Waals surface area contributed by atoms with E-state index < -0.39 is 7.82 Å². The van der Waals surface area contributed by atoms with E-state index in [1.165, 1.54) is 14.2 Å². The number of phosphoric ester groups is 1. The highest BCUT2D eigenvalue weighted by Crippen LogP contribution is 2.48. The molecule has 0 atom stereocenters. The predicted molar refractivity (Wildman–Crippen MR) is 62.9 cm³/mol. The molecular formula is C9H12BrO5P. The Morgan fingerprint density at radius 1 is 1.19 bits per heavy atom. The molecule has 0 aliphatic carbocycles. The maximum Gasteiger partial charge on any atom is 0.529 e. The van der Waals surface area contributed by atoms with Crippen LogP contribution in [0, 0.1) is 0 Å². The van der Waals surface area contributed by atoms with E-state index in [1.807, 2.05) is 0 Å². The number of hydrogen-bond donors (Lipinski definition) is 0. The van der Waals surface area contributed by atoms with Crippen LogP contribution in [0.5, 0.6) is 11.5 Å². The van der Waals surface area contributed by atoms with Crippen molar-refractivity contribution in [3.63, 3.8) is 0 Å². The molecule has 1 rings (SSSR count). The molecule has 0 saturated carbocycles. The number of halogens is 1. The molecule has 5 nitrogen and oxygen atoms in total. The van der Waals surface area contributed by atoms with E-state index in [-0.39, 0.29) is 0 Å². The Labute approximate surface area is 102 Å². The molecule has 0 unspecified atom stereocenters. The second kappa shape index (κ2) is 5.68. The van der Waals surface area contributed by atoms with Gasteiger partial charge in [0.15, 0.2) is 0 Å². The minimum absolute atomic E-state index is 0.361. The SMILES string of the molecule is COc1ccc(OP(=O)(OC)OC)cc1Br. The van der Waals surface area contributed by atoms with E-state index in [2.05, 4.69) is 25.0 Å². The molecular weight excluding hydrogens is 299 g/mol. The van der Waals surface area contributed by atoms with E-state index >= 15 is 0 Å². The molecule has 0 fully saturated rings. The van der Waals surface area contributed by atoms with Gasteiger partial charge in [0.1, 0.15) is 11.5 Å². The molecule has 0 N–H and O–H groups in total. The Morgan fingerprint density at radius 2 is 1.81 bits per heavy atom. The summed E-state index contributed by atoms with van der Waals surface area (Å²) >= 11 is 3.28. The van der Waals surface area contributed by atoms with Crippen LogP contribution in [-0.2, 0) is 13.6 Å². The second-order valence-corrected chi connectivity index (χ2v) is 5.36. The van der Waals surface area contributed by atoms with Gasteiger partial charge in [0, 0.05) is 14.2 Å². The van der Waals surface area contributed by atoms with Crippen LogP contribution in [0.4, 0.5) is 0 Å². The third-order valence-corrected chi connectivity index (χ3v) is 3.74. The van der Waals surface area contributed by atoms with E-state index in [9.17, 15) is 4.57 Å². The van der Waals surface area contributed by atoms with Gasteiger partial charge >= 0.3 is 7.82 Å². The van der Waals surface area contributed by atoms with Gasteiger partial charge in [-0.3, -0.25) is 9.05 Å². The van der Waals surface area contributed by atoms with Gasteiger partial charge in [0.25, 0.3) is 0 Å². The Balaban J connectivity index is 2.91. The number of phosphoric acid groups is 1. The minimum Gasteiger partial charge on any atom is -0.496 e. The molecule has 0 saturated heterocycles. The van der Waals surface area contributed by atoms with Gasteiger partial charge in [0.2, 0.25) is 0 Å². The fourth-order valence-corrected chi connectivity index (χ4v) is 2.17. The molecule has 0 amide bonds. The molecule has 0 heterocycles. The largest absolute Gasteiger partial charge is 0.529 e. The molecule has 0 aromatic heterocycles. The van der Waals surface area contributed by atoms with E-state index in [1.54, 1.807) is 25.3 Å². The van der Waals surface area contributed by atoms with Crippen molar-refractivity contribution in [2.75, 3.05) is 21.3 Å². The molecule has 0 aliphatic heterocycles. The van der Waals surface area contributed by atoms with Crippen molar-refractivity contribution < 1.29 is 22.9 Å². The van der Waals surface area contributed by atoms with Crippen molar-refractivity contribution in [2.24, 2.45) is 0 Å². The third-order valence-electron chi connectivity index (χ3n) is 1.79. The third kappa shape index (κ3) is 3.22. The van der Waals surface area contributed by atoms with Gasteiger partial charge < -0.3 is 9.26 Å². The first kappa shape index (κ1) is 13.5. The van der Waals surface area contributed by atoms with Crippen LogP contribution in [0.1, 0.15) is 0 Å². The lowest BCUT2D eigenvalue weighted by molar-refractivity contribution is 0.211. The second-order valence-electron chi connectivity index (χ2n) is 2.70. The lowest BCUT2D eigenvalue weighted by atomic mass is 10.3. The zero-order valence-corrected chi connectivity index (χ0v) is 11.6. The van der Waals surface area contributed by atoms with Crippen LogP contribution >= 0.6 is 23.8 Å². The first-order chi connectivity index (χ1) is 7.54. The Hall–Kier alpha value is -0.550. The molecule has 16 heavy (non-hydrogen) atoms. The summed E-state index contributed by atoms with van der Waals surface area (Å²) in [5.41, 5.74) is 0. The highest BCUT2D eigenvalue weighted by atomic mass is 79.9. The monoisotopic (exact) mass is 310 g/mol. The predicted octanol–water partition coefficient (Wildman–Crippen LogP) is 3.24. The Bertz CT molecular complexity index is 401. The summed E-state index contributed by atoms with van der Waals surface area (Å²) in [6.45, 7) is 0. The molecule has 0 radical (unpaired) electrons. The van der Waals surface area contributed by atoms with Crippen molar-refractivity contribution >= 4 is 23.8 Å². The number of methoxy groups -OCH3 is 1. The Kier molecular flexibility index (Phi) is 4.80. The summed E-state index contributed by atoms with van der Waals surface area (Å²) in [7, 11) is 0.549. The average Bonchev–Trinajstić information content (AvgIpc) is 2.29. The van der Waals surface area contributed by atoms with Crippen LogP contribution in [0.15, 0.2) is 22.7 Å². The van der Waals surface area contributed by atoms with Gasteiger partial charge in [-0.15, -0.1) is 0 Å². The highest BCUT2D eigenvalue weighted by Gasteiger charge is 2.24. The lowest BCUT2D eigenvalue weighted by Crippen LogP contribution is -1.97. The zero-order valence-electron chi connectivity index (χ0n) is 9.10. The first-order valence-electron chi connectivity index (χ1n) is 4.29. The molecule has 1 aromatic carbocycles. The van der Waals surface area contributed by atoms with Crippen LogP contribution in [0.3, 0.4) is 0 Å². The van der Waals surface area contributed by atoms with Crippen LogP contribution < -0.4 is 9.26 Å². The van der Waals surface area contributed by atoms with Crippen molar-refractivity contribution in [1.82, 2.24) is 0 Å². The summed E-state index contributed by atoms with van der Waals surface area (Å²) in [6, 6.07) is 4.90. The summed E-state index contributed by atoms with van der Waals surface area (Å²) in [4.78, 5) is 0. The number of ether oxygens (including phenoxy) is 1. The van der Waals surface area contributed by atoms with Gasteiger partial charge in [0.05, 0.1) is 11.6 Å². The summed E-state index contributed by atoms with van der Waals surface area (Å²) in [5.74, 6) is 1.01. The van der Waals surface area contributed by atoms with Gasteiger partial charge in [-0.1, -0.05) is 0 Å². The maximum absolute atomic E-state index is 11.7. The van der Waals surface area contributed by atoms with Gasteiger partial charge in [-0.25, -0.2) is 4.57 Å². The quantitative estimate of drug-likeness (QED) is 0.781. The van der Waals surface area contributed by atoms with Crippen LogP contribution in [0.2, 0.25) is 0 Å². The zero-order chi connectivity index (χ0) is 12.2. The molecule has 0 bridgehead atoms. The summed E-state index contributed by atoms with van der Waals surface area (Å²) in [5, 5.41) is 0. The van der Waals surface area contributed by atoms with Gasteiger partial charge in [-0.2, -0.15) is 0 Å². The highest BCUT2D eigenvalue weighted by molar-refractivity contribution is 9.10. The lowest BCUT2D eigenvalue weighted by Gasteiger charge is -2.14. The summed E-state index contributed by atoms with van der Waals surface area (Å²) < 4.78 is 31.8. The van der Waals surface area contributed by atoms with Crippen molar-refractivity contribution in [3.05, 3.63) is 22.7 Å². The van der Waals surface area contributed by atoms with E-state index in [4.69, 9.17) is 9.26 Å². The number of benzene rings is 1. The van der Waals surface area contributed by atoms with Gasteiger partial charge in [-0.05, 0) is 34.1 Å². The topological polar surface area (TPSA) is 54.0 Å².